The van der Waals surface area contributed by atoms with Gasteiger partial charge in [-0.15, -0.1) is 0 Å². The molecule has 180 valence electrons. The average Bonchev–Trinajstić information content (AvgIpc) is 3.15. The zero-order chi connectivity index (χ0) is 24.1. The number of rotatable bonds is 9. The lowest BCUT2D eigenvalue weighted by atomic mass is 10.2. The monoisotopic (exact) mass is 485 g/mol. The third kappa shape index (κ3) is 5.87. The van der Waals surface area contributed by atoms with E-state index in [1.165, 1.54) is 16.8 Å². The van der Waals surface area contributed by atoms with Crippen molar-refractivity contribution in [2.24, 2.45) is 0 Å². The van der Waals surface area contributed by atoms with Crippen LogP contribution in [-0.2, 0) is 16.0 Å². The summed E-state index contributed by atoms with van der Waals surface area (Å²) in [5.74, 6) is -1.03. The highest BCUT2D eigenvalue weighted by molar-refractivity contribution is 6.33. The summed E-state index contributed by atoms with van der Waals surface area (Å²) >= 11 is 5.85. The number of hydrogen-bond acceptors (Lipinski definition) is 7. The minimum atomic E-state index is -0.920. The third-order valence-electron chi connectivity index (χ3n) is 5.23. The van der Waals surface area contributed by atoms with Crippen LogP contribution in [0.2, 0.25) is 5.02 Å². The molecule has 1 aliphatic heterocycles. The molecular formula is C21H25ClFN3O7. The minimum Gasteiger partial charge on any atom is -0.394 e. The first kappa shape index (κ1) is 25.1. The van der Waals surface area contributed by atoms with Crippen LogP contribution < -0.4 is 16.6 Å². The number of nitrogens with zero attached hydrogens (tertiary/aromatic N) is 2. The quantitative estimate of drug-likeness (QED) is 0.432. The molecule has 3 N–H and O–H groups in total. The van der Waals surface area contributed by atoms with Crippen molar-refractivity contribution in [1.29, 1.82) is 0 Å². The topological polar surface area (TPSA) is 132 Å². The summed E-state index contributed by atoms with van der Waals surface area (Å²) in [6.07, 6.45) is -1.04. The van der Waals surface area contributed by atoms with Crippen molar-refractivity contribution in [2.45, 2.75) is 38.3 Å². The molecule has 1 aliphatic rings. The minimum absolute atomic E-state index is 0.00686. The van der Waals surface area contributed by atoms with Gasteiger partial charge in [-0.3, -0.25) is 18.7 Å². The molecule has 1 aromatic heterocycles. The Bertz CT molecular complexity index is 1120. The fourth-order valence-electron chi connectivity index (χ4n) is 3.48. The van der Waals surface area contributed by atoms with Gasteiger partial charge in [0.15, 0.2) is 0 Å². The molecule has 0 bridgehead atoms. The standard InChI is InChI=1S/C21H25ClFN3O7/c1-12-10-26(18-9-16(28)17(11-27)33-18)21(31)25(20(12)30)5-7-32-6-4-24-19(29)14-3-2-13(23)8-15(14)22/h2-3,8,10,16-18,27-28H,4-7,9,11H2,1H3,(H,24,29)/t16-,17+,18+/m0/s1. The number of aliphatic hydroxyl groups excluding tert-OH is 2. The van der Waals surface area contributed by atoms with Crippen LogP contribution in [-0.4, -0.2) is 63.8 Å². The summed E-state index contributed by atoms with van der Waals surface area (Å²) in [6, 6.07) is 3.45. The van der Waals surface area contributed by atoms with Gasteiger partial charge in [0.05, 0.1) is 43.1 Å². The summed E-state index contributed by atoms with van der Waals surface area (Å²) in [5, 5.41) is 21.7. The van der Waals surface area contributed by atoms with E-state index in [0.29, 0.717) is 5.56 Å². The molecule has 1 fully saturated rings. The van der Waals surface area contributed by atoms with E-state index < -0.39 is 41.4 Å². The summed E-state index contributed by atoms with van der Waals surface area (Å²) in [4.78, 5) is 37.3. The van der Waals surface area contributed by atoms with Gasteiger partial charge in [0.1, 0.15) is 18.1 Å². The Labute approximate surface area is 193 Å². The van der Waals surface area contributed by atoms with Gasteiger partial charge < -0.3 is 25.0 Å². The summed E-state index contributed by atoms with van der Waals surface area (Å²) in [6.45, 7) is 1.41. The highest BCUT2D eigenvalue weighted by atomic mass is 35.5. The van der Waals surface area contributed by atoms with E-state index in [-0.39, 0.29) is 49.9 Å². The predicted octanol–water partition coefficient (Wildman–Crippen LogP) is 0.198. The van der Waals surface area contributed by atoms with Crippen molar-refractivity contribution in [3.63, 3.8) is 0 Å². The maximum absolute atomic E-state index is 13.1. The number of halogens is 2. The molecule has 12 heteroatoms. The van der Waals surface area contributed by atoms with E-state index in [0.717, 1.165) is 16.7 Å². The fourth-order valence-corrected chi connectivity index (χ4v) is 3.73. The molecule has 3 rings (SSSR count). The second-order valence-corrected chi connectivity index (χ2v) is 7.97. The summed E-state index contributed by atoms with van der Waals surface area (Å²) < 4.78 is 26.2. The normalized spacial score (nSPS) is 20.2. The SMILES string of the molecule is Cc1cn([C@H]2C[C@H](O)[C@@H](CO)O2)c(=O)n(CCOCCNC(=O)c2ccc(F)cc2Cl)c1=O. The number of benzene rings is 1. The van der Waals surface area contributed by atoms with Crippen LogP contribution in [0.1, 0.15) is 28.6 Å². The van der Waals surface area contributed by atoms with E-state index in [4.69, 9.17) is 21.1 Å². The molecule has 2 aromatic rings. The van der Waals surface area contributed by atoms with Gasteiger partial charge in [0.2, 0.25) is 0 Å². The Morgan fingerprint density at radius 1 is 1.36 bits per heavy atom. The number of aryl methyl sites for hydroxylation is 1. The van der Waals surface area contributed by atoms with Crippen LogP contribution in [0.15, 0.2) is 34.0 Å². The molecular weight excluding hydrogens is 461 g/mol. The first-order valence-electron chi connectivity index (χ1n) is 10.3. The van der Waals surface area contributed by atoms with Gasteiger partial charge in [-0.2, -0.15) is 0 Å². The van der Waals surface area contributed by atoms with Gasteiger partial charge in [0.25, 0.3) is 11.5 Å². The van der Waals surface area contributed by atoms with Crippen LogP contribution in [0.25, 0.3) is 0 Å². The van der Waals surface area contributed by atoms with Gasteiger partial charge in [-0.25, -0.2) is 9.18 Å². The van der Waals surface area contributed by atoms with E-state index in [1.807, 2.05) is 0 Å². The average molecular weight is 486 g/mol. The number of amides is 1. The highest BCUT2D eigenvalue weighted by Crippen LogP contribution is 2.27. The second-order valence-electron chi connectivity index (χ2n) is 7.57. The van der Waals surface area contributed by atoms with Crippen molar-refractivity contribution < 1.29 is 28.9 Å². The summed E-state index contributed by atoms with van der Waals surface area (Å²) in [7, 11) is 0. The predicted molar refractivity (Wildman–Crippen MR) is 116 cm³/mol. The number of aliphatic hydroxyl groups is 2. The maximum Gasteiger partial charge on any atom is 0.333 e. The van der Waals surface area contributed by atoms with Crippen molar-refractivity contribution in [3.8, 4) is 0 Å². The molecule has 1 saturated heterocycles. The molecule has 1 aromatic carbocycles. The van der Waals surface area contributed by atoms with Crippen LogP contribution in [0.5, 0.6) is 0 Å². The van der Waals surface area contributed by atoms with Crippen LogP contribution in [0.4, 0.5) is 4.39 Å². The van der Waals surface area contributed by atoms with E-state index >= 15 is 0 Å². The molecule has 3 atom stereocenters. The van der Waals surface area contributed by atoms with Crippen LogP contribution >= 0.6 is 11.6 Å². The summed E-state index contributed by atoms with van der Waals surface area (Å²) in [5.41, 5.74) is -0.656. The molecule has 33 heavy (non-hydrogen) atoms. The lowest BCUT2D eigenvalue weighted by Gasteiger charge is -2.17. The number of ether oxygens (including phenoxy) is 2. The smallest absolute Gasteiger partial charge is 0.333 e. The van der Waals surface area contributed by atoms with E-state index in [9.17, 15) is 29.0 Å². The lowest BCUT2D eigenvalue weighted by molar-refractivity contribution is -0.0464. The first-order valence-corrected chi connectivity index (χ1v) is 10.7. The van der Waals surface area contributed by atoms with E-state index in [2.05, 4.69) is 5.32 Å². The van der Waals surface area contributed by atoms with Crippen molar-refractivity contribution >= 4 is 17.5 Å². The van der Waals surface area contributed by atoms with Gasteiger partial charge in [0, 0.05) is 24.7 Å². The zero-order valence-corrected chi connectivity index (χ0v) is 18.6. The Hall–Kier alpha value is -2.57. The van der Waals surface area contributed by atoms with Gasteiger partial charge in [-0.05, 0) is 25.1 Å². The lowest BCUT2D eigenvalue weighted by Crippen LogP contribution is -2.43. The molecule has 0 spiro atoms. The zero-order valence-electron chi connectivity index (χ0n) is 17.9. The molecule has 0 saturated carbocycles. The number of carbonyl (C=O) groups is 1. The van der Waals surface area contributed by atoms with Crippen molar-refractivity contribution in [2.75, 3.05) is 26.4 Å². The first-order chi connectivity index (χ1) is 15.7. The molecule has 10 nitrogen and oxygen atoms in total. The largest absolute Gasteiger partial charge is 0.394 e. The molecule has 0 aliphatic carbocycles. The van der Waals surface area contributed by atoms with Crippen molar-refractivity contribution in [3.05, 3.63) is 67.2 Å². The van der Waals surface area contributed by atoms with Crippen LogP contribution in [0.3, 0.4) is 0 Å². The molecule has 2 heterocycles. The molecule has 0 radical (unpaired) electrons. The Kier molecular flexibility index (Phi) is 8.38. The van der Waals surface area contributed by atoms with Gasteiger partial charge >= 0.3 is 5.69 Å². The second kappa shape index (κ2) is 11.0. The Morgan fingerprint density at radius 2 is 2.12 bits per heavy atom. The van der Waals surface area contributed by atoms with E-state index in [1.54, 1.807) is 6.92 Å². The highest BCUT2D eigenvalue weighted by Gasteiger charge is 2.35. The third-order valence-corrected chi connectivity index (χ3v) is 5.54. The molecule has 0 unspecified atom stereocenters. The molecule has 1 amide bonds. The fraction of sp³-hybridized carbons (Fsp3) is 0.476. The number of carbonyl (C=O) groups excluding carboxylic acids is 1. The number of aromatic nitrogens is 2. The number of nitrogens with one attached hydrogen (secondary N) is 1. The van der Waals surface area contributed by atoms with Gasteiger partial charge in [-0.1, -0.05) is 11.6 Å². The van der Waals surface area contributed by atoms with Crippen LogP contribution in [0, 0.1) is 12.7 Å². The number of hydrogen-bond donors (Lipinski definition) is 3. The Morgan fingerprint density at radius 3 is 2.79 bits per heavy atom. The maximum atomic E-state index is 13.1. The van der Waals surface area contributed by atoms with Crippen molar-refractivity contribution in [1.82, 2.24) is 14.5 Å². The Balaban J connectivity index is 1.54.